The van der Waals surface area contributed by atoms with Crippen LogP contribution in [-0.2, 0) is 22.4 Å². The highest BCUT2D eigenvalue weighted by Crippen LogP contribution is 2.37. The van der Waals surface area contributed by atoms with Crippen LogP contribution in [-0.4, -0.2) is 23.3 Å². The fourth-order valence-corrected chi connectivity index (χ4v) is 4.76. The molecule has 1 aromatic carbocycles. The molecule has 0 aliphatic heterocycles. The summed E-state index contributed by atoms with van der Waals surface area (Å²) in [5, 5.41) is 15.7. The van der Waals surface area contributed by atoms with E-state index in [0.717, 1.165) is 36.9 Å². The summed E-state index contributed by atoms with van der Waals surface area (Å²) < 4.78 is 0. The van der Waals surface area contributed by atoms with Gasteiger partial charge in [0.15, 0.2) is 0 Å². The molecule has 3 rings (SSSR count). The zero-order valence-electron chi connectivity index (χ0n) is 14.2. The van der Waals surface area contributed by atoms with Crippen LogP contribution >= 0.6 is 23.1 Å². The molecule has 1 aliphatic rings. The molecule has 2 amide bonds. The van der Waals surface area contributed by atoms with E-state index in [1.54, 1.807) is 0 Å². The van der Waals surface area contributed by atoms with E-state index in [0.29, 0.717) is 10.6 Å². The third kappa shape index (κ3) is 4.65. The molecule has 0 bridgehead atoms. The van der Waals surface area contributed by atoms with Crippen LogP contribution in [0, 0.1) is 11.3 Å². The van der Waals surface area contributed by atoms with Crippen molar-refractivity contribution >= 4 is 45.6 Å². The van der Waals surface area contributed by atoms with Gasteiger partial charge < -0.3 is 10.6 Å². The summed E-state index contributed by atoms with van der Waals surface area (Å²) in [6.07, 6.45) is 4.13. The molecule has 2 aromatic rings. The first-order chi connectivity index (χ1) is 12.7. The lowest BCUT2D eigenvalue weighted by Gasteiger charge is -2.09. The number of benzene rings is 1. The van der Waals surface area contributed by atoms with Crippen LogP contribution in [0.15, 0.2) is 30.3 Å². The highest BCUT2D eigenvalue weighted by atomic mass is 32.2. The van der Waals surface area contributed by atoms with Gasteiger partial charge in [-0.2, -0.15) is 5.26 Å². The minimum Gasteiger partial charge on any atom is -0.325 e. The first-order valence-corrected chi connectivity index (χ1v) is 10.4. The van der Waals surface area contributed by atoms with Crippen molar-refractivity contribution in [1.82, 2.24) is 0 Å². The summed E-state index contributed by atoms with van der Waals surface area (Å²) in [6.45, 7) is 0. The summed E-state index contributed by atoms with van der Waals surface area (Å²) in [6, 6.07) is 11.5. The summed E-state index contributed by atoms with van der Waals surface area (Å²) in [4.78, 5) is 25.3. The number of amides is 2. The lowest BCUT2D eigenvalue weighted by Crippen LogP contribution is -2.18. The Hall–Kier alpha value is -2.30. The molecule has 2 N–H and O–H groups in total. The van der Waals surface area contributed by atoms with Gasteiger partial charge in [-0.05, 0) is 43.4 Å². The Labute approximate surface area is 160 Å². The van der Waals surface area contributed by atoms with Gasteiger partial charge in [0.05, 0.1) is 17.1 Å². The minimum atomic E-state index is -0.183. The number of para-hydroxylation sites is 1. The van der Waals surface area contributed by atoms with Crippen molar-refractivity contribution < 1.29 is 9.59 Å². The third-order valence-electron chi connectivity index (χ3n) is 4.06. The molecule has 5 nitrogen and oxygen atoms in total. The van der Waals surface area contributed by atoms with E-state index in [1.807, 2.05) is 30.3 Å². The van der Waals surface area contributed by atoms with Crippen molar-refractivity contribution in [3.63, 3.8) is 0 Å². The van der Waals surface area contributed by atoms with Crippen LogP contribution in [0.4, 0.5) is 10.7 Å². The van der Waals surface area contributed by atoms with Crippen molar-refractivity contribution in [3.05, 3.63) is 46.3 Å². The van der Waals surface area contributed by atoms with Crippen molar-refractivity contribution in [1.29, 1.82) is 5.26 Å². The average molecular weight is 386 g/mol. The highest BCUT2D eigenvalue weighted by Gasteiger charge is 2.21. The van der Waals surface area contributed by atoms with Crippen molar-refractivity contribution in [2.75, 3.05) is 22.1 Å². The quantitative estimate of drug-likeness (QED) is 0.792. The molecule has 134 valence electrons. The van der Waals surface area contributed by atoms with E-state index >= 15 is 0 Å². The molecule has 0 fully saturated rings. The van der Waals surface area contributed by atoms with E-state index in [4.69, 9.17) is 0 Å². The molecule has 1 aliphatic carbocycles. The number of thiophene rings is 1. The van der Waals surface area contributed by atoms with Gasteiger partial charge in [0, 0.05) is 10.6 Å². The van der Waals surface area contributed by atoms with Gasteiger partial charge in [-0.15, -0.1) is 23.1 Å². The average Bonchev–Trinajstić information content (AvgIpc) is 2.99. The number of anilines is 2. The number of rotatable bonds is 6. The van der Waals surface area contributed by atoms with Crippen LogP contribution in [0.5, 0.6) is 0 Å². The Bertz CT molecular complexity index is 840. The van der Waals surface area contributed by atoms with E-state index in [-0.39, 0.29) is 23.3 Å². The van der Waals surface area contributed by atoms with E-state index < -0.39 is 0 Å². The number of hydrogen-bond donors (Lipinski definition) is 2. The van der Waals surface area contributed by atoms with Crippen LogP contribution in [0.1, 0.15) is 28.8 Å². The molecule has 0 radical (unpaired) electrons. The molecule has 0 unspecified atom stereocenters. The Morgan fingerprint density at radius 2 is 1.77 bits per heavy atom. The monoisotopic (exact) mass is 385 g/mol. The molecule has 26 heavy (non-hydrogen) atoms. The second-order valence-corrected chi connectivity index (χ2v) is 8.07. The lowest BCUT2D eigenvalue weighted by atomic mass is 9.96. The molecular weight excluding hydrogens is 366 g/mol. The normalized spacial score (nSPS) is 12.7. The number of nitrogens with one attached hydrogen (secondary N) is 2. The minimum absolute atomic E-state index is 0.140. The van der Waals surface area contributed by atoms with E-state index in [1.165, 1.54) is 28.0 Å². The maximum atomic E-state index is 12.2. The number of nitrogens with zero attached hydrogens (tertiary/aromatic N) is 1. The number of thioether (sulfide) groups is 1. The van der Waals surface area contributed by atoms with Gasteiger partial charge in [-0.1, -0.05) is 18.2 Å². The Morgan fingerprint density at radius 1 is 1.08 bits per heavy atom. The van der Waals surface area contributed by atoms with Crippen LogP contribution in [0.25, 0.3) is 0 Å². The molecule has 1 aromatic heterocycles. The molecule has 0 saturated carbocycles. The molecule has 0 spiro atoms. The van der Waals surface area contributed by atoms with Crippen LogP contribution in [0.3, 0.4) is 0 Å². The van der Waals surface area contributed by atoms with Crippen molar-refractivity contribution in [3.8, 4) is 6.07 Å². The zero-order valence-corrected chi connectivity index (χ0v) is 15.8. The molecule has 0 saturated heterocycles. The number of hydrogen-bond acceptors (Lipinski definition) is 5. The van der Waals surface area contributed by atoms with E-state index in [9.17, 15) is 14.9 Å². The number of fused-ring (bicyclic) bond motifs is 1. The Kier molecular flexibility index (Phi) is 6.31. The van der Waals surface area contributed by atoms with Gasteiger partial charge in [0.25, 0.3) is 0 Å². The van der Waals surface area contributed by atoms with Gasteiger partial charge in [-0.3, -0.25) is 9.59 Å². The summed E-state index contributed by atoms with van der Waals surface area (Å²) in [5.41, 5.74) is 2.46. The topological polar surface area (TPSA) is 82.0 Å². The Morgan fingerprint density at radius 3 is 2.50 bits per heavy atom. The van der Waals surface area contributed by atoms with Crippen LogP contribution in [0.2, 0.25) is 0 Å². The lowest BCUT2D eigenvalue weighted by molar-refractivity contribution is -0.114. The summed E-state index contributed by atoms with van der Waals surface area (Å²) >= 11 is 2.77. The SMILES string of the molecule is N#Cc1c(NC(=O)CSCC(=O)Nc2ccccc2)sc2c1CCCC2. The summed E-state index contributed by atoms with van der Waals surface area (Å²) in [5.74, 6) is 0.0557. The van der Waals surface area contributed by atoms with Gasteiger partial charge in [0.2, 0.25) is 11.8 Å². The highest BCUT2D eigenvalue weighted by molar-refractivity contribution is 8.00. The van der Waals surface area contributed by atoms with Crippen molar-refractivity contribution in [2.24, 2.45) is 0 Å². The molecule has 0 atom stereocenters. The van der Waals surface area contributed by atoms with Gasteiger partial charge >= 0.3 is 0 Å². The molecule has 1 heterocycles. The number of nitriles is 1. The van der Waals surface area contributed by atoms with Gasteiger partial charge in [0.1, 0.15) is 11.1 Å². The fourth-order valence-electron chi connectivity index (χ4n) is 2.89. The Balaban J connectivity index is 1.48. The standard InChI is InChI=1S/C19H19N3O2S2/c20-10-15-14-8-4-5-9-16(14)26-19(15)22-18(24)12-25-11-17(23)21-13-6-2-1-3-7-13/h1-3,6-7H,4-5,8-9,11-12H2,(H,21,23)(H,22,24). The maximum absolute atomic E-state index is 12.2. The predicted octanol–water partition coefficient (Wildman–Crippen LogP) is 3.81. The largest absolute Gasteiger partial charge is 0.325 e. The maximum Gasteiger partial charge on any atom is 0.235 e. The number of carbonyl (C=O) groups excluding carboxylic acids is 2. The first-order valence-electron chi connectivity index (χ1n) is 8.44. The summed E-state index contributed by atoms with van der Waals surface area (Å²) in [7, 11) is 0. The van der Waals surface area contributed by atoms with Gasteiger partial charge in [-0.25, -0.2) is 0 Å². The third-order valence-corrected chi connectivity index (χ3v) is 6.20. The van der Waals surface area contributed by atoms with E-state index in [2.05, 4.69) is 16.7 Å². The second-order valence-electron chi connectivity index (χ2n) is 5.98. The van der Waals surface area contributed by atoms with Crippen molar-refractivity contribution in [2.45, 2.75) is 25.7 Å². The number of aryl methyl sites for hydroxylation is 1. The zero-order chi connectivity index (χ0) is 18.4. The smallest absolute Gasteiger partial charge is 0.235 e. The predicted molar refractivity (Wildman–Crippen MR) is 107 cm³/mol. The number of carbonyl (C=O) groups is 2. The molecule has 7 heteroatoms. The first kappa shape index (κ1) is 18.5. The van der Waals surface area contributed by atoms with Crippen LogP contribution < -0.4 is 10.6 Å². The second kappa shape index (κ2) is 8.88. The fraction of sp³-hybridized carbons (Fsp3) is 0.316. The molecular formula is C19H19N3O2S2.